The van der Waals surface area contributed by atoms with E-state index in [4.69, 9.17) is 0 Å². The van der Waals surface area contributed by atoms with E-state index in [1.54, 1.807) is 0 Å². The van der Waals surface area contributed by atoms with Gasteiger partial charge in [-0.3, -0.25) is 9.78 Å². The Kier molecular flexibility index (Phi) is 4.55. The average Bonchev–Trinajstić information content (AvgIpc) is 2.41. The number of H-pyrrole nitrogens is 1. The van der Waals surface area contributed by atoms with Crippen LogP contribution in [0.3, 0.4) is 0 Å². The van der Waals surface area contributed by atoms with Gasteiger partial charge in [0.15, 0.2) is 0 Å². The van der Waals surface area contributed by atoms with E-state index in [0.29, 0.717) is 17.7 Å². The highest BCUT2D eigenvalue weighted by atomic mass is 16.3. The van der Waals surface area contributed by atoms with Gasteiger partial charge in [0.05, 0.1) is 6.21 Å². The molecule has 0 aliphatic heterocycles. The number of hydrogen-bond donors (Lipinski definition) is 4. The molecule has 0 saturated carbocycles. The Hall–Kier alpha value is -2.83. The number of aryl methyl sites for hydroxylation is 1. The molecular formula is C14H16N4O3. The molecule has 7 heteroatoms. The second-order valence-electron chi connectivity index (χ2n) is 4.45. The van der Waals surface area contributed by atoms with Crippen LogP contribution in [0, 0.1) is 0 Å². The summed E-state index contributed by atoms with van der Waals surface area (Å²) in [4.78, 5) is 18.2. The Morgan fingerprint density at radius 2 is 2.19 bits per heavy atom. The number of nitrogens with one attached hydrogen (secondary N) is 2. The van der Waals surface area contributed by atoms with E-state index in [1.165, 1.54) is 30.5 Å². The van der Waals surface area contributed by atoms with E-state index >= 15 is 0 Å². The normalized spacial score (nSPS) is 10.9. The third-order valence-electron chi connectivity index (χ3n) is 2.69. The molecule has 0 spiro atoms. The van der Waals surface area contributed by atoms with Crippen LogP contribution in [-0.2, 0) is 6.42 Å². The Bertz CT molecular complexity index is 710. The van der Waals surface area contributed by atoms with Crippen LogP contribution in [0.1, 0.15) is 24.6 Å². The van der Waals surface area contributed by atoms with E-state index < -0.39 is 0 Å². The lowest BCUT2D eigenvalue weighted by molar-refractivity contribution is 0.450. The van der Waals surface area contributed by atoms with Crippen molar-refractivity contribution in [2.24, 2.45) is 5.10 Å². The lowest BCUT2D eigenvalue weighted by Gasteiger charge is -2.03. The van der Waals surface area contributed by atoms with Crippen molar-refractivity contribution in [1.82, 2.24) is 9.97 Å². The molecule has 7 nitrogen and oxygen atoms in total. The van der Waals surface area contributed by atoms with Gasteiger partial charge < -0.3 is 10.2 Å². The molecule has 0 saturated heterocycles. The summed E-state index contributed by atoms with van der Waals surface area (Å²) in [5.41, 5.74) is 3.46. The number of hydrazone groups is 1. The van der Waals surface area contributed by atoms with E-state index in [9.17, 15) is 15.0 Å². The standard InChI is InChI=1S/C14H16N4O3/c1-2-3-10-6-13(21)17-14(16-10)18-15-8-9-4-5-11(19)7-12(9)20/h4-8,19-20H,2-3H2,1H3,(H2,16,17,18,21)/b15-8+. The third kappa shape index (κ3) is 4.07. The summed E-state index contributed by atoms with van der Waals surface area (Å²) in [5.74, 6) is 0.109. The number of nitrogens with zero attached hydrogens (tertiary/aromatic N) is 2. The Labute approximate surface area is 121 Å². The molecule has 0 fully saturated rings. The van der Waals surface area contributed by atoms with Crippen LogP contribution < -0.4 is 11.0 Å². The summed E-state index contributed by atoms with van der Waals surface area (Å²) in [5, 5.41) is 22.7. The maximum absolute atomic E-state index is 11.5. The molecule has 1 aromatic carbocycles. The number of aromatic hydroxyl groups is 2. The highest BCUT2D eigenvalue weighted by Gasteiger charge is 2.01. The van der Waals surface area contributed by atoms with Crippen molar-refractivity contribution in [3.63, 3.8) is 0 Å². The fraction of sp³-hybridized carbons (Fsp3) is 0.214. The first-order valence-electron chi connectivity index (χ1n) is 6.50. The first-order valence-corrected chi connectivity index (χ1v) is 6.50. The monoisotopic (exact) mass is 288 g/mol. The van der Waals surface area contributed by atoms with Crippen molar-refractivity contribution in [3.8, 4) is 11.5 Å². The fourth-order valence-corrected chi connectivity index (χ4v) is 1.75. The van der Waals surface area contributed by atoms with Crippen LogP contribution in [0.4, 0.5) is 5.95 Å². The van der Waals surface area contributed by atoms with E-state index in [0.717, 1.165) is 6.42 Å². The Morgan fingerprint density at radius 1 is 1.38 bits per heavy atom. The number of benzene rings is 1. The van der Waals surface area contributed by atoms with Crippen LogP contribution in [0.5, 0.6) is 11.5 Å². The fourth-order valence-electron chi connectivity index (χ4n) is 1.75. The van der Waals surface area contributed by atoms with Crippen molar-refractivity contribution in [3.05, 3.63) is 45.9 Å². The number of aromatic nitrogens is 2. The molecule has 0 aliphatic rings. The highest BCUT2D eigenvalue weighted by molar-refractivity contribution is 5.84. The predicted molar refractivity (Wildman–Crippen MR) is 79.8 cm³/mol. The number of phenols is 2. The second-order valence-corrected chi connectivity index (χ2v) is 4.45. The van der Waals surface area contributed by atoms with Crippen molar-refractivity contribution in [2.45, 2.75) is 19.8 Å². The lowest BCUT2D eigenvalue weighted by Crippen LogP contribution is -2.11. The Morgan fingerprint density at radius 3 is 2.90 bits per heavy atom. The second kappa shape index (κ2) is 6.56. The van der Waals surface area contributed by atoms with Gasteiger partial charge >= 0.3 is 0 Å². The number of phenolic OH excluding ortho intramolecular Hbond substituents is 2. The van der Waals surface area contributed by atoms with Crippen LogP contribution in [0.15, 0.2) is 34.2 Å². The van der Waals surface area contributed by atoms with Crippen molar-refractivity contribution in [2.75, 3.05) is 5.43 Å². The SMILES string of the molecule is CCCc1cc(=O)[nH]c(N/N=C/c2ccc(O)cc2O)n1. The molecule has 21 heavy (non-hydrogen) atoms. The predicted octanol–water partition coefficient (Wildman–Crippen LogP) is 1.58. The maximum atomic E-state index is 11.5. The molecule has 110 valence electrons. The molecule has 2 rings (SSSR count). The van der Waals surface area contributed by atoms with Crippen molar-refractivity contribution in [1.29, 1.82) is 0 Å². The first kappa shape index (κ1) is 14.6. The first-order chi connectivity index (χ1) is 10.1. The maximum Gasteiger partial charge on any atom is 0.252 e. The van der Waals surface area contributed by atoms with Crippen LogP contribution in [0.2, 0.25) is 0 Å². The van der Waals surface area contributed by atoms with Crippen LogP contribution in [-0.4, -0.2) is 26.4 Å². The summed E-state index contributed by atoms with van der Waals surface area (Å²) in [6.45, 7) is 2.00. The minimum absolute atomic E-state index is 0.0316. The van der Waals surface area contributed by atoms with Gasteiger partial charge in [0.25, 0.3) is 5.56 Å². The minimum atomic E-state index is -0.251. The number of aromatic amines is 1. The summed E-state index contributed by atoms with van der Waals surface area (Å²) < 4.78 is 0. The van der Waals surface area contributed by atoms with Crippen molar-refractivity contribution < 1.29 is 10.2 Å². The van der Waals surface area contributed by atoms with Crippen molar-refractivity contribution >= 4 is 12.2 Å². The molecule has 1 aromatic heterocycles. The van der Waals surface area contributed by atoms with E-state index in [-0.39, 0.29) is 23.0 Å². The summed E-state index contributed by atoms with van der Waals surface area (Å²) >= 11 is 0. The van der Waals surface area contributed by atoms with Gasteiger partial charge in [-0.2, -0.15) is 5.10 Å². The summed E-state index contributed by atoms with van der Waals surface area (Å²) in [6, 6.07) is 5.61. The molecule has 0 unspecified atom stereocenters. The third-order valence-corrected chi connectivity index (χ3v) is 2.69. The average molecular weight is 288 g/mol. The topological polar surface area (TPSA) is 111 Å². The van der Waals surface area contributed by atoms with Crippen LogP contribution >= 0.6 is 0 Å². The molecule has 2 aromatic rings. The van der Waals surface area contributed by atoms with Gasteiger partial charge in [0, 0.05) is 23.4 Å². The molecule has 0 atom stereocenters. The summed E-state index contributed by atoms with van der Waals surface area (Å²) in [7, 11) is 0. The zero-order chi connectivity index (χ0) is 15.2. The van der Waals surface area contributed by atoms with E-state index in [2.05, 4.69) is 20.5 Å². The number of rotatable bonds is 5. The molecule has 4 N–H and O–H groups in total. The molecule has 0 amide bonds. The van der Waals surface area contributed by atoms with Gasteiger partial charge in [0.2, 0.25) is 5.95 Å². The Balaban J connectivity index is 2.12. The van der Waals surface area contributed by atoms with E-state index in [1.807, 2.05) is 6.92 Å². The van der Waals surface area contributed by atoms with Gasteiger partial charge in [-0.1, -0.05) is 13.3 Å². The number of anilines is 1. The zero-order valence-electron chi connectivity index (χ0n) is 11.5. The zero-order valence-corrected chi connectivity index (χ0v) is 11.5. The lowest BCUT2D eigenvalue weighted by atomic mass is 10.2. The highest BCUT2D eigenvalue weighted by Crippen LogP contribution is 2.20. The van der Waals surface area contributed by atoms with Crippen LogP contribution in [0.25, 0.3) is 0 Å². The van der Waals surface area contributed by atoms with Gasteiger partial charge in [-0.25, -0.2) is 10.4 Å². The van der Waals surface area contributed by atoms with Gasteiger partial charge in [-0.15, -0.1) is 0 Å². The molecule has 1 heterocycles. The summed E-state index contributed by atoms with van der Waals surface area (Å²) in [6.07, 6.45) is 2.96. The van der Waals surface area contributed by atoms with Gasteiger partial charge in [0.1, 0.15) is 11.5 Å². The molecule has 0 aliphatic carbocycles. The largest absolute Gasteiger partial charge is 0.508 e. The number of hydrogen-bond acceptors (Lipinski definition) is 6. The minimum Gasteiger partial charge on any atom is -0.508 e. The molecular weight excluding hydrogens is 272 g/mol. The van der Waals surface area contributed by atoms with Gasteiger partial charge in [-0.05, 0) is 18.6 Å². The smallest absolute Gasteiger partial charge is 0.252 e. The quantitative estimate of drug-likeness (QED) is 0.493. The molecule has 0 radical (unpaired) electrons. The molecule has 0 bridgehead atoms.